The Hall–Kier alpha value is -1.09. The second-order valence-electron chi connectivity index (χ2n) is 6.91. The Morgan fingerprint density at radius 2 is 2.12 bits per heavy atom. The van der Waals surface area contributed by atoms with Gasteiger partial charge < -0.3 is 9.88 Å². The standard InChI is InChI=1S/C15H24N4O3S2/c1-10(12-3-4-12)16-14(20)8-23-15-18-17-13(19(15)2)7-11-5-6-24(21,22)9-11/h10-12H,3-9H2,1-2H3,(H,16,20)/t10-,11-/m1/s1. The molecule has 2 aliphatic rings. The van der Waals surface area contributed by atoms with E-state index in [1.807, 2.05) is 11.6 Å². The third kappa shape index (κ3) is 4.50. The second-order valence-corrected chi connectivity index (χ2v) is 10.1. The number of hydrogen-bond donors (Lipinski definition) is 1. The summed E-state index contributed by atoms with van der Waals surface area (Å²) in [6, 6.07) is 0.248. The van der Waals surface area contributed by atoms with Crippen LogP contribution in [0.25, 0.3) is 0 Å². The lowest BCUT2D eigenvalue weighted by molar-refractivity contribution is -0.119. The van der Waals surface area contributed by atoms with Gasteiger partial charge in [-0.25, -0.2) is 8.42 Å². The Bertz CT molecular complexity index is 712. The van der Waals surface area contributed by atoms with E-state index in [9.17, 15) is 13.2 Å². The number of rotatable bonds is 7. The van der Waals surface area contributed by atoms with E-state index in [-0.39, 0.29) is 29.4 Å². The van der Waals surface area contributed by atoms with Crippen molar-refractivity contribution in [2.24, 2.45) is 18.9 Å². The number of carbonyl (C=O) groups is 1. The number of hydrogen-bond acceptors (Lipinski definition) is 6. The predicted octanol–water partition coefficient (Wildman–Crippen LogP) is 0.799. The molecular weight excluding hydrogens is 348 g/mol. The zero-order valence-electron chi connectivity index (χ0n) is 14.1. The third-order valence-corrected chi connectivity index (χ3v) is 7.63. The molecule has 1 aliphatic heterocycles. The molecule has 0 spiro atoms. The highest BCUT2D eigenvalue weighted by Crippen LogP contribution is 2.32. The van der Waals surface area contributed by atoms with Crippen molar-refractivity contribution >= 4 is 27.5 Å². The fourth-order valence-electron chi connectivity index (χ4n) is 3.08. The van der Waals surface area contributed by atoms with Crippen molar-refractivity contribution < 1.29 is 13.2 Å². The summed E-state index contributed by atoms with van der Waals surface area (Å²) in [6.07, 6.45) is 3.73. The van der Waals surface area contributed by atoms with E-state index < -0.39 is 9.84 Å². The van der Waals surface area contributed by atoms with Crippen molar-refractivity contribution in [3.63, 3.8) is 0 Å². The smallest absolute Gasteiger partial charge is 0.230 e. The maximum absolute atomic E-state index is 12.0. The normalized spacial score (nSPS) is 24.0. The summed E-state index contributed by atoms with van der Waals surface area (Å²) < 4.78 is 25.0. The number of aromatic nitrogens is 3. The molecule has 1 aliphatic carbocycles. The van der Waals surface area contributed by atoms with Gasteiger partial charge in [-0.15, -0.1) is 10.2 Å². The summed E-state index contributed by atoms with van der Waals surface area (Å²) in [4.78, 5) is 12.0. The van der Waals surface area contributed by atoms with Crippen molar-refractivity contribution in [2.45, 2.75) is 43.8 Å². The number of carbonyl (C=O) groups excluding carboxylic acids is 1. The van der Waals surface area contributed by atoms with Crippen LogP contribution in [0.1, 0.15) is 32.0 Å². The molecule has 1 N–H and O–H groups in total. The highest BCUT2D eigenvalue weighted by atomic mass is 32.2. The molecule has 2 atom stereocenters. The van der Waals surface area contributed by atoms with Gasteiger partial charge in [-0.1, -0.05) is 11.8 Å². The molecule has 1 saturated carbocycles. The summed E-state index contributed by atoms with van der Waals surface area (Å²) in [5.41, 5.74) is 0. The Morgan fingerprint density at radius 1 is 1.38 bits per heavy atom. The molecule has 0 unspecified atom stereocenters. The van der Waals surface area contributed by atoms with Gasteiger partial charge in [-0.05, 0) is 38.0 Å². The molecule has 0 radical (unpaired) electrons. The number of thioether (sulfide) groups is 1. The number of sulfone groups is 1. The molecule has 134 valence electrons. The summed E-state index contributed by atoms with van der Waals surface area (Å²) >= 11 is 1.37. The average molecular weight is 373 g/mol. The third-order valence-electron chi connectivity index (χ3n) is 4.77. The highest BCUT2D eigenvalue weighted by Gasteiger charge is 2.30. The first kappa shape index (κ1) is 17.7. The highest BCUT2D eigenvalue weighted by molar-refractivity contribution is 7.99. The van der Waals surface area contributed by atoms with Crippen LogP contribution in [0, 0.1) is 11.8 Å². The molecule has 1 saturated heterocycles. The minimum Gasteiger partial charge on any atom is -0.353 e. The molecule has 24 heavy (non-hydrogen) atoms. The Balaban J connectivity index is 1.50. The van der Waals surface area contributed by atoms with Crippen molar-refractivity contribution in [3.8, 4) is 0 Å². The molecule has 3 rings (SSSR count). The van der Waals surface area contributed by atoms with Crippen LogP contribution in [-0.4, -0.2) is 52.4 Å². The second kappa shape index (κ2) is 7.03. The van der Waals surface area contributed by atoms with Crippen LogP contribution in [-0.2, 0) is 28.1 Å². The first-order chi connectivity index (χ1) is 11.3. The van der Waals surface area contributed by atoms with E-state index in [0.29, 0.717) is 29.7 Å². The predicted molar refractivity (Wildman–Crippen MR) is 92.5 cm³/mol. The van der Waals surface area contributed by atoms with Crippen LogP contribution in [0.3, 0.4) is 0 Å². The fourth-order valence-corrected chi connectivity index (χ4v) is 5.68. The zero-order chi connectivity index (χ0) is 17.3. The van der Waals surface area contributed by atoms with Crippen molar-refractivity contribution in [3.05, 3.63) is 5.82 Å². The van der Waals surface area contributed by atoms with Crippen molar-refractivity contribution in [1.29, 1.82) is 0 Å². The van der Waals surface area contributed by atoms with E-state index in [4.69, 9.17) is 0 Å². The molecule has 0 bridgehead atoms. The van der Waals surface area contributed by atoms with E-state index in [2.05, 4.69) is 22.4 Å². The molecule has 2 fully saturated rings. The minimum atomic E-state index is -2.87. The fraction of sp³-hybridized carbons (Fsp3) is 0.800. The van der Waals surface area contributed by atoms with Gasteiger partial charge in [0.25, 0.3) is 0 Å². The number of nitrogens with one attached hydrogen (secondary N) is 1. The molecule has 0 aromatic carbocycles. The monoisotopic (exact) mass is 372 g/mol. The summed E-state index contributed by atoms with van der Waals surface area (Å²) in [5.74, 6) is 2.40. The van der Waals surface area contributed by atoms with E-state index in [1.165, 1.54) is 24.6 Å². The van der Waals surface area contributed by atoms with Crippen molar-refractivity contribution in [1.82, 2.24) is 20.1 Å². The van der Waals surface area contributed by atoms with Crippen LogP contribution < -0.4 is 5.32 Å². The van der Waals surface area contributed by atoms with Gasteiger partial charge in [0.15, 0.2) is 15.0 Å². The van der Waals surface area contributed by atoms with Gasteiger partial charge >= 0.3 is 0 Å². The SMILES string of the molecule is C[C@@H](NC(=O)CSc1nnc(C[C@H]2CCS(=O)(=O)C2)n1C)C1CC1. The van der Waals surface area contributed by atoms with E-state index in [1.54, 1.807) is 0 Å². The molecule has 9 heteroatoms. The maximum atomic E-state index is 12.0. The average Bonchev–Trinajstić information content (AvgIpc) is 3.23. The maximum Gasteiger partial charge on any atom is 0.230 e. The van der Waals surface area contributed by atoms with Gasteiger partial charge in [-0.2, -0.15) is 0 Å². The van der Waals surface area contributed by atoms with Crippen LogP contribution in [0.5, 0.6) is 0 Å². The lowest BCUT2D eigenvalue weighted by Crippen LogP contribution is -2.35. The van der Waals surface area contributed by atoms with Gasteiger partial charge in [0, 0.05) is 19.5 Å². The molecular formula is C15H24N4O3S2. The lowest BCUT2D eigenvalue weighted by atomic mass is 10.1. The molecule has 1 aromatic heterocycles. The van der Waals surface area contributed by atoms with Gasteiger partial charge in [0.1, 0.15) is 5.82 Å². The van der Waals surface area contributed by atoms with Crippen LogP contribution in [0.4, 0.5) is 0 Å². The van der Waals surface area contributed by atoms with Gasteiger partial charge in [-0.3, -0.25) is 4.79 Å². The lowest BCUT2D eigenvalue weighted by Gasteiger charge is -2.12. The van der Waals surface area contributed by atoms with Gasteiger partial charge in [0.2, 0.25) is 5.91 Å². The molecule has 1 aromatic rings. The van der Waals surface area contributed by atoms with E-state index in [0.717, 1.165) is 5.82 Å². The van der Waals surface area contributed by atoms with Crippen LogP contribution >= 0.6 is 11.8 Å². The Labute approximate surface area is 146 Å². The molecule has 2 heterocycles. The Kier molecular flexibility index (Phi) is 5.19. The number of amides is 1. The summed E-state index contributed by atoms with van der Waals surface area (Å²) in [5, 5.41) is 12.0. The first-order valence-corrected chi connectivity index (χ1v) is 11.2. The number of nitrogens with zero attached hydrogens (tertiary/aromatic N) is 3. The first-order valence-electron chi connectivity index (χ1n) is 8.35. The van der Waals surface area contributed by atoms with Crippen LogP contribution in [0.15, 0.2) is 5.16 Å². The summed E-state index contributed by atoms with van der Waals surface area (Å²) in [7, 11) is -1.01. The molecule has 7 nitrogen and oxygen atoms in total. The largest absolute Gasteiger partial charge is 0.353 e. The topological polar surface area (TPSA) is 94.0 Å². The minimum absolute atomic E-state index is 0.0193. The van der Waals surface area contributed by atoms with Crippen LogP contribution in [0.2, 0.25) is 0 Å². The molecule has 1 amide bonds. The zero-order valence-corrected chi connectivity index (χ0v) is 15.7. The van der Waals surface area contributed by atoms with Gasteiger partial charge in [0.05, 0.1) is 17.3 Å². The summed E-state index contributed by atoms with van der Waals surface area (Å²) in [6.45, 7) is 2.05. The van der Waals surface area contributed by atoms with Crippen molar-refractivity contribution in [2.75, 3.05) is 17.3 Å². The van der Waals surface area contributed by atoms with E-state index >= 15 is 0 Å². The quantitative estimate of drug-likeness (QED) is 0.712. The Morgan fingerprint density at radius 3 is 2.75 bits per heavy atom.